The highest BCUT2D eigenvalue weighted by molar-refractivity contribution is 9.45. The molecule has 2 rings (SSSR count). The molecule has 0 nitrogen and oxygen atoms in total. The van der Waals surface area contributed by atoms with Gasteiger partial charge < -0.3 is 24.5 Å². The van der Waals surface area contributed by atoms with Crippen molar-refractivity contribution in [2.45, 2.75) is 86.0 Å². The van der Waals surface area contributed by atoms with Gasteiger partial charge in [-0.05, 0) is 0 Å². The molecule has 0 aromatic heterocycles. The molecular weight excluding hydrogens is 503 g/mol. The first-order valence-electron chi connectivity index (χ1n) is 8.95. The topological polar surface area (TPSA) is 0 Å². The Balaban J connectivity index is 2.80. The van der Waals surface area contributed by atoms with E-state index < -0.39 is 42.0 Å². The van der Waals surface area contributed by atoms with Crippen LogP contribution in [0.2, 0.25) is 78.6 Å². The largest absolute Gasteiger partial charge is 0.527 e. The van der Waals surface area contributed by atoms with Gasteiger partial charge in [0.05, 0.1) is 32.5 Å². The highest BCUT2D eigenvalue weighted by Gasteiger charge is 2.90. The Morgan fingerprint density at radius 3 is 0.840 bits per heavy atom. The van der Waals surface area contributed by atoms with Crippen LogP contribution in [0.1, 0.15) is 0 Å². The molecule has 0 radical (unpaired) electrons. The standard InChI is InChI=1S/C14H36P2S5Si4/c1-22(2,3)13(23(4,5)6)15(17)20-14(24(7,8)9,25(10,11)12)16(18,19-13)21-15/h1-12H3. The van der Waals surface area contributed by atoms with Crippen molar-refractivity contribution in [3.63, 3.8) is 0 Å². The van der Waals surface area contributed by atoms with Crippen LogP contribution in [0, 0.1) is 0 Å². The molecule has 148 valence electrons. The second-order valence-corrected chi connectivity index (χ2v) is 59.4. The molecule has 2 heterocycles. The minimum absolute atomic E-state index is 0.413. The van der Waals surface area contributed by atoms with E-state index in [4.69, 9.17) is 24.5 Å². The molecule has 11 heteroatoms. The summed E-state index contributed by atoms with van der Waals surface area (Å²) in [4.78, 5) is -3.15. The number of hydrogen-bond donors (Lipinski definition) is 0. The van der Waals surface area contributed by atoms with Gasteiger partial charge in [0.1, 0.15) is 39.8 Å². The van der Waals surface area contributed by atoms with E-state index in [1.165, 1.54) is 0 Å². The van der Waals surface area contributed by atoms with E-state index in [9.17, 15) is 0 Å². The van der Waals surface area contributed by atoms with E-state index in [0.29, 0.717) is 7.47 Å². The summed E-state index contributed by atoms with van der Waals surface area (Å²) < 4.78 is 0.825. The average Bonchev–Trinajstić information content (AvgIpc) is 2.66. The average molecular weight is 539 g/mol. The Morgan fingerprint density at radius 1 is 0.520 bits per heavy atom. The Morgan fingerprint density at radius 2 is 0.720 bits per heavy atom. The van der Waals surface area contributed by atoms with Crippen molar-refractivity contribution in [2.24, 2.45) is 0 Å². The smallest absolute Gasteiger partial charge is 0.166 e. The molecule has 2 aliphatic rings. The van der Waals surface area contributed by atoms with Crippen molar-refractivity contribution >= 4 is 100 Å². The molecule has 0 aromatic carbocycles. The van der Waals surface area contributed by atoms with Crippen LogP contribution in [0.4, 0.5) is 0 Å². The Labute approximate surface area is 184 Å². The second kappa shape index (κ2) is 6.49. The number of fused-ring (bicyclic) bond motifs is 2. The van der Waals surface area contributed by atoms with E-state index in [-0.39, 0.29) is 0 Å². The Hall–Kier alpha value is 3.48. The van der Waals surface area contributed by atoms with Crippen LogP contribution in [0.3, 0.4) is 0 Å². The van der Waals surface area contributed by atoms with Crippen LogP contribution < -0.4 is 0 Å². The van der Waals surface area contributed by atoms with E-state index in [0.717, 1.165) is 0 Å². The summed E-state index contributed by atoms with van der Waals surface area (Å²) in [5.41, 5.74) is 0. The summed E-state index contributed by atoms with van der Waals surface area (Å²) in [6, 6.07) is 0. The van der Waals surface area contributed by atoms with Gasteiger partial charge in [0, 0.05) is 0 Å². The van der Waals surface area contributed by atoms with Crippen LogP contribution in [0.5, 0.6) is 0 Å². The van der Waals surface area contributed by atoms with Gasteiger partial charge in [0.2, 0.25) is 0 Å². The fourth-order valence-corrected chi connectivity index (χ4v) is 143. The van der Waals surface area contributed by atoms with Crippen LogP contribution in [-0.4, -0.2) is 39.8 Å². The fourth-order valence-electron chi connectivity index (χ4n) is 5.31. The van der Waals surface area contributed by atoms with Gasteiger partial charge in [-0.2, -0.15) is 0 Å². The van der Waals surface area contributed by atoms with Crippen molar-refractivity contribution in [1.82, 2.24) is 0 Å². The van der Waals surface area contributed by atoms with Gasteiger partial charge >= 0.3 is 0 Å². The zero-order valence-corrected chi connectivity index (χ0v) is 27.8. The third kappa shape index (κ3) is 3.13. The molecule has 0 spiro atoms. The third-order valence-corrected chi connectivity index (χ3v) is 82.4. The molecule has 2 saturated heterocycles. The molecule has 2 unspecified atom stereocenters. The van der Waals surface area contributed by atoms with Gasteiger partial charge in [0.15, 0.2) is 11.0 Å². The maximum absolute atomic E-state index is 6.79. The van der Waals surface area contributed by atoms with E-state index in [1.54, 1.807) is 0 Å². The van der Waals surface area contributed by atoms with Crippen molar-refractivity contribution in [3.05, 3.63) is 0 Å². The van der Waals surface area contributed by atoms with E-state index in [2.05, 4.69) is 112 Å². The van der Waals surface area contributed by atoms with Crippen molar-refractivity contribution < 1.29 is 0 Å². The molecular formula is C14H36P2S5Si4. The molecule has 2 aliphatic heterocycles. The maximum Gasteiger partial charge on any atom is 0.166 e. The lowest BCUT2D eigenvalue weighted by molar-refractivity contribution is 1.37. The molecule has 0 saturated carbocycles. The second-order valence-electron chi connectivity index (χ2n) is 11.5. The lowest BCUT2D eigenvalue weighted by Gasteiger charge is -2.60. The highest BCUT2D eigenvalue weighted by atomic mass is 33.6. The summed E-state index contributed by atoms with van der Waals surface area (Å²) in [7, 11) is -5.77. The van der Waals surface area contributed by atoms with E-state index in [1.807, 2.05) is 0 Å². The molecule has 0 aromatic rings. The molecule has 0 N–H and O–H groups in total. The van der Waals surface area contributed by atoms with Crippen LogP contribution >= 0.6 is 43.5 Å². The summed E-state index contributed by atoms with van der Waals surface area (Å²) in [6.07, 6.45) is 0. The monoisotopic (exact) mass is 538 g/mol. The van der Waals surface area contributed by atoms with Crippen LogP contribution in [0.15, 0.2) is 0 Å². The summed E-state index contributed by atoms with van der Waals surface area (Å²) in [5, 5.41) is 0. The lowest BCUT2D eigenvalue weighted by Crippen LogP contribution is -2.68. The zero-order valence-electron chi connectivity index (χ0n) is 17.9. The van der Waals surface area contributed by atoms with E-state index >= 15 is 0 Å². The number of hydrogen-bond acceptors (Lipinski definition) is 5. The SMILES string of the molecule is C[Si](C)(C)C1([Si](C)(C)C)S[P+]2([S-])S[P+]1([S-])SC2([Si](C)(C)C)[Si](C)(C)C. The van der Waals surface area contributed by atoms with Crippen LogP contribution in [-0.2, 0) is 24.5 Å². The first-order valence-corrected chi connectivity index (χ1v) is 33.4. The Kier molecular flexibility index (Phi) is 6.42. The van der Waals surface area contributed by atoms with Crippen molar-refractivity contribution in [2.75, 3.05) is 0 Å². The number of rotatable bonds is 4. The molecule has 0 aliphatic carbocycles. The fraction of sp³-hybridized carbons (Fsp3) is 1.00. The lowest BCUT2D eigenvalue weighted by atomic mass is 11.7. The van der Waals surface area contributed by atoms with Gasteiger partial charge in [-0.25, -0.2) is 0 Å². The Bertz CT molecular complexity index is 500. The third-order valence-electron chi connectivity index (χ3n) is 5.56. The summed E-state index contributed by atoms with van der Waals surface area (Å²) in [6.45, 7) is 31.2. The first kappa shape index (κ1) is 24.7. The zero-order chi connectivity index (χ0) is 20.1. The highest BCUT2D eigenvalue weighted by Crippen LogP contribution is 3.22. The minimum Gasteiger partial charge on any atom is -0.527 e. The molecule has 2 bridgehead atoms. The minimum atomic E-state index is -1.57. The van der Waals surface area contributed by atoms with Gasteiger partial charge in [0.25, 0.3) is 0 Å². The van der Waals surface area contributed by atoms with Gasteiger partial charge in [-0.1, -0.05) is 78.6 Å². The predicted molar refractivity (Wildman–Crippen MR) is 150 cm³/mol. The predicted octanol–water partition coefficient (Wildman–Crippen LogP) is 8.73. The van der Waals surface area contributed by atoms with Gasteiger partial charge in [-0.3, -0.25) is 0 Å². The van der Waals surface area contributed by atoms with Crippen molar-refractivity contribution in [1.29, 1.82) is 0 Å². The first-order chi connectivity index (χ1) is 10.6. The normalized spacial score (nSPS) is 35.3. The summed E-state index contributed by atoms with van der Waals surface area (Å²) in [5.74, 6) is 0. The van der Waals surface area contributed by atoms with Crippen molar-refractivity contribution in [3.8, 4) is 0 Å². The molecule has 2 atom stereocenters. The van der Waals surface area contributed by atoms with Gasteiger partial charge in [-0.15, -0.1) is 0 Å². The quantitative estimate of drug-likeness (QED) is 0.199. The molecule has 0 amide bonds. The molecule has 2 fully saturated rings. The van der Waals surface area contributed by atoms with Crippen LogP contribution in [0.25, 0.3) is 0 Å². The maximum atomic E-state index is 6.79. The molecule has 25 heavy (non-hydrogen) atoms. The summed E-state index contributed by atoms with van der Waals surface area (Å²) >= 11 is 20.6.